The van der Waals surface area contributed by atoms with Crippen LogP contribution in [0, 0.1) is 0 Å². The number of hydrogen-bond acceptors (Lipinski definition) is 4. The van der Waals surface area contributed by atoms with Crippen LogP contribution in [0.5, 0.6) is 5.75 Å². The molecule has 4 rings (SSSR count). The van der Waals surface area contributed by atoms with Gasteiger partial charge < -0.3 is 14.4 Å². The summed E-state index contributed by atoms with van der Waals surface area (Å²) in [6, 6.07) is 5.98. The van der Waals surface area contributed by atoms with Gasteiger partial charge in [-0.3, -0.25) is 9.48 Å². The molecule has 144 valence electrons. The fourth-order valence-electron chi connectivity index (χ4n) is 4.35. The maximum Gasteiger partial charge on any atom is 0.279 e. The number of rotatable bonds is 3. The van der Waals surface area contributed by atoms with Crippen LogP contribution < -0.4 is 9.64 Å². The Hall–Kier alpha value is -2.34. The number of methoxy groups -OCH3 is 1. The Bertz CT molecular complexity index is 874. The molecule has 0 radical (unpaired) electrons. The number of amides is 1. The zero-order valence-corrected chi connectivity index (χ0v) is 16.5. The topological polar surface area (TPSA) is 56.6 Å². The van der Waals surface area contributed by atoms with E-state index in [1.165, 1.54) is 5.56 Å². The van der Waals surface area contributed by atoms with E-state index in [1.54, 1.807) is 7.11 Å². The summed E-state index contributed by atoms with van der Waals surface area (Å²) in [6.07, 6.45) is 2.69. The van der Waals surface area contributed by atoms with Crippen LogP contribution in [-0.2, 0) is 24.1 Å². The van der Waals surface area contributed by atoms with Crippen molar-refractivity contribution in [3.63, 3.8) is 0 Å². The minimum Gasteiger partial charge on any atom is -0.497 e. The maximum absolute atomic E-state index is 13.5. The number of fused-ring (bicyclic) bond motifs is 2. The van der Waals surface area contributed by atoms with Gasteiger partial charge in [-0.25, -0.2) is 0 Å². The first-order valence-corrected chi connectivity index (χ1v) is 9.77. The summed E-state index contributed by atoms with van der Waals surface area (Å²) in [7, 11) is 1.65. The van der Waals surface area contributed by atoms with E-state index in [2.05, 4.69) is 13.0 Å². The number of carbonyl (C=O) groups is 1. The van der Waals surface area contributed by atoms with Gasteiger partial charge >= 0.3 is 0 Å². The van der Waals surface area contributed by atoms with E-state index < -0.39 is 0 Å². The quantitative estimate of drug-likeness (QED) is 0.831. The Kier molecular flexibility index (Phi) is 4.68. The Morgan fingerprint density at radius 2 is 2.19 bits per heavy atom. The summed E-state index contributed by atoms with van der Waals surface area (Å²) >= 11 is 0. The molecule has 2 aromatic rings. The van der Waals surface area contributed by atoms with Crippen LogP contribution in [0.3, 0.4) is 0 Å². The lowest BCUT2D eigenvalue weighted by Gasteiger charge is -2.30. The third-order valence-electron chi connectivity index (χ3n) is 5.57. The van der Waals surface area contributed by atoms with E-state index in [0.29, 0.717) is 12.2 Å². The van der Waals surface area contributed by atoms with Gasteiger partial charge in [0.2, 0.25) is 0 Å². The van der Waals surface area contributed by atoms with E-state index in [4.69, 9.17) is 14.6 Å². The first-order valence-electron chi connectivity index (χ1n) is 9.77. The Balaban J connectivity index is 1.77. The van der Waals surface area contributed by atoms with E-state index in [1.807, 2.05) is 35.6 Å². The monoisotopic (exact) mass is 369 g/mol. The van der Waals surface area contributed by atoms with Crippen molar-refractivity contribution < 1.29 is 14.3 Å². The fraction of sp³-hybridized carbons (Fsp3) is 0.524. The van der Waals surface area contributed by atoms with E-state index in [9.17, 15) is 4.79 Å². The first kappa shape index (κ1) is 18.0. The molecule has 1 amide bonds. The standard InChI is InChI=1S/C21H27N3O3/c1-5-24-20-14(3)27-13(2)11-17(20)19(22-24)21(25)23-10-6-7-15-8-9-16(26-4)12-18(15)23/h8-9,12-14H,5-7,10-11H2,1-4H3/t13-,14+/m1/s1. The lowest BCUT2D eigenvalue weighted by Crippen LogP contribution is -2.36. The molecule has 3 heterocycles. The number of hydrogen-bond donors (Lipinski definition) is 0. The molecule has 0 aliphatic carbocycles. The molecule has 1 aromatic carbocycles. The van der Waals surface area contributed by atoms with Crippen LogP contribution in [0.2, 0.25) is 0 Å². The van der Waals surface area contributed by atoms with Gasteiger partial charge in [-0.1, -0.05) is 6.07 Å². The van der Waals surface area contributed by atoms with Crippen molar-refractivity contribution in [1.29, 1.82) is 0 Å². The molecule has 0 fully saturated rings. The molecule has 2 atom stereocenters. The smallest absolute Gasteiger partial charge is 0.279 e. The molecule has 1 aromatic heterocycles. The van der Waals surface area contributed by atoms with Gasteiger partial charge in [0.1, 0.15) is 5.75 Å². The Morgan fingerprint density at radius 1 is 1.37 bits per heavy atom. The van der Waals surface area contributed by atoms with Crippen molar-refractivity contribution >= 4 is 11.6 Å². The van der Waals surface area contributed by atoms with Crippen LogP contribution in [0.25, 0.3) is 0 Å². The van der Waals surface area contributed by atoms with Gasteiger partial charge in [-0.05, 0) is 45.2 Å². The minimum absolute atomic E-state index is 0.0195. The number of anilines is 1. The number of carbonyl (C=O) groups excluding carboxylic acids is 1. The van der Waals surface area contributed by atoms with Crippen molar-refractivity contribution in [3.8, 4) is 5.75 Å². The number of aryl methyl sites for hydroxylation is 2. The van der Waals surface area contributed by atoms with Crippen LogP contribution >= 0.6 is 0 Å². The molecule has 0 bridgehead atoms. The van der Waals surface area contributed by atoms with Crippen molar-refractivity contribution in [3.05, 3.63) is 40.7 Å². The predicted molar refractivity (Wildman–Crippen MR) is 104 cm³/mol. The summed E-state index contributed by atoms with van der Waals surface area (Å²) in [6.45, 7) is 7.57. The highest BCUT2D eigenvalue weighted by atomic mass is 16.5. The predicted octanol–water partition coefficient (Wildman–Crippen LogP) is 3.53. The van der Waals surface area contributed by atoms with Gasteiger partial charge in [0.05, 0.1) is 30.7 Å². The second kappa shape index (κ2) is 7.00. The maximum atomic E-state index is 13.5. The van der Waals surface area contributed by atoms with E-state index in [0.717, 1.165) is 48.5 Å². The van der Waals surface area contributed by atoms with Crippen molar-refractivity contribution in [2.45, 2.75) is 58.8 Å². The summed E-state index contributed by atoms with van der Waals surface area (Å²) in [4.78, 5) is 15.4. The van der Waals surface area contributed by atoms with Crippen LogP contribution in [-0.4, -0.2) is 35.4 Å². The summed E-state index contributed by atoms with van der Waals surface area (Å²) < 4.78 is 13.3. The molecule has 2 aliphatic rings. The molecule has 0 N–H and O–H groups in total. The van der Waals surface area contributed by atoms with Gasteiger partial charge in [0, 0.05) is 31.1 Å². The highest BCUT2D eigenvalue weighted by Crippen LogP contribution is 2.35. The average molecular weight is 369 g/mol. The number of nitrogens with zero attached hydrogens (tertiary/aromatic N) is 3. The van der Waals surface area contributed by atoms with Gasteiger partial charge in [0.25, 0.3) is 5.91 Å². The molecule has 0 unspecified atom stereocenters. The van der Waals surface area contributed by atoms with E-state index in [-0.39, 0.29) is 18.1 Å². The molecule has 6 nitrogen and oxygen atoms in total. The lowest BCUT2D eigenvalue weighted by molar-refractivity contribution is -0.00947. The number of benzene rings is 1. The van der Waals surface area contributed by atoms with Crippen LogP contribution in [0.1, 0.15) is 60.6 Å². The highest BCUT2D eigenvalue weighted by molar-refractivity contribution is 6.06. The summed E-state index contributed by atoms with van der Waals surface area (Å²) in [5.74, 6) is 0.749. The van der Waals surface area contributed by atoms with Crippen LogP contribution in [0.15, 0.2) is 18.2 Å². The largest absolute Gasteiger partial charge is 0.497 e. The van der Waals surface area contributed by atoms with Crippen molar-refractivity contribution in [2.75, 3.05) is 18.6 Å². The number of aromatic nitrogens is 2. The van der Waals surface area contributed by atoms with Gasteiger partial charge in [-0.15, -0.1) is 0 Å². The zero-order valence-electron chi connectivity index (χ0n) is 16.5. The van der Waals surface area contributed by atoms with E-state index >= 15 is 0 Å². The summed E-state index contributed by atoms with van der Waals surface area (Å²) in [5, 5.41) is 4.70. The second-order valence-electron chi connectivity index (χ2n) is 7.38. The number of ether oxygens (including phenoxy) is 2. The SMILES string of the molecule is CCn1nc(C(=O)N2CCCc3ccc(OC)cc32)c2c1[C@H](C)O[C@H](C)C2. The second-order valence-corrected chi connectivity index (χ2v) is 7.38. The van der Waals surface area contributed by atoms with Crippen molar-refractivity contribution in [2.24, 2.45) is 0 Å². The molecule has 0 saturated heterocycles. The minimum atomic E-state index is -0.0495. The molecular weight excluding hydrogens is 342 g/mol. The average Bonchev–Trinajstić information content (AvgIpc) is 3.05. The highest BCUT2D eigenvalue weighted by Gasteiger charge is 2.34. The van der Waals surface area contributed by atoms with Crippen LogP contribution in [0.4, 0.5) is 5.69 Å². The van der Waals surface area contributed by atoms with Crippen molar-refractivity contribution in [1.82, 2.24) is 9.78 Å². The third kappa shape index (κ3) is 3.02. The zero-order chi connectivity index (χ0) is 19.1. The lowest BCUT2D eigenvalue weighted by atomic mass is 9.97. The molecule has 0 spiro atoms. The molecule has 0 saturated carbocycles. The molecule has 6 heteroatoms. The Morgan fingerprint density at radius 3 is 2.93 bits per heavy atom. The molecule has 2 aliphatic heterocycles. The first-order chi connectivity index (χ1) is 13.0. The Labute approximate surface area is 160 Å². The van der Waals surface area contributed by atoms with Gasteiger partial charge in [-0.2, -0.15) is 5.10 Å². The summed E-state index contributed by atoms with van der Waals surface area (Å²) in [5.41, 5.74) is 4.79. The normalized spacial score (nSPS) is 21.6. The van der Waals surface area contributed by atoms with Gasteiger partial charge in [0.15, 0.2) is 5.69 Å². The third-order valence-corrected chi connectivity index (χ3v) is 5.57. The molecule has 27 heavy (non-hydrogen) atoms. The molecular formula is C21H27N3O3. The fourth-order valence-corrected chi connectivity index (χ4v) is 4.35.